The Bertz CT molecular complexity index is 267. The van der Waals surface area contributed by atoms with E-state index in [1.165, 1.54) is 0 Å². The fourth-order valence-corrected chi connectivity index (χ4v) is 0.765. The molecule has 0 radical (unpaired) electrons. The van der Waals surface area contributed by atoms with E-state index in [4.69, 9.17) is 13.0 Å². The predicted octanol–water partition coefficient (Wildman–Crippen LogP) is 3.46. The van der Waals surface area contributed by atoms with E-state index in [1.54, 1.807) is 18.2 Å². The van der Waals surface area contributed by atoms with Gasteiger partial charge in [-0.3, -0.25) is 0 Å². The van der Waals surface area contributed by atoms with Gasteiger partial charge in [-0.2, -0.15) is 41.9 Å². The van der Waals surface area contributed by atoms with Crippen LogP contribution in [0.15, 0.2) is 54.6 Å². The molecule has 2 heteroatoms. The molecule has 0 amide bonds. The molecule has 0 atom stereocenters. The first-order chi connectivity index (χ1) is 5.80. The molecule has 0 fully saturated rings. The van der Waals surface area contributed by atoms with Crippen LogP contribution in [0.1, 0.15) is 1.37 Å². The van der Waals surface area contributed by atoms with E-state index in [2.05, 4.69) is 0 Å². The summed E-state index contributed by atoms with van der Waals surface area (Å²) in [4.78, 5) is 0. The SMILES string of the molecule is [2H]c1ccc[c-]1Cl.[Fe+2].c1cc[cH-]c1. The van der Waals surface area contributed by atoms with E-state index in [0.717, 1.165) is 0 Å². The van der Waals surface area contributed by atoms with Crippen molar-refractivity contribution < 1.29 is 18.4 Å². The molecule has 0 aliphatic heterocycles. The van der Waals surface area contributed by atoms with Crippen molar-refractivity contribution in [1.29, 1.82) is 0 Å². The molecule has 2 rings (SSSR count). The van der Waals surface area contributed by atoms with Gasteiger partial charge < -0.3 is 0 Å². The van der Waals surface area contributed by atoms with Gasteiger partial charge in [0.2, 0.25) is 0 Å². The van der Waals surface area contributed by atoms with Crippen molar-refractivity contribution in [1.82, 2.24) is 0 Å². The first-order valence-electron chi connectivity index (χ1n) is 3.85. The maximum absolute atomic E-state index is 6.97. The van der Waals surface area contributed by atoms with Crippen molar-refractivity contribution in [3.05, 3.63) is 59.6 Å². The van der Waals surface area contributed by atoms with Gasteiger partial charge >= 0.3 is 17.1 Å². The number of halogens is 1. The topological polar surface area (TPSA) is 0 Å². The third-order valence-electron chi connectivity index (χ3n) is 1.12. The summed E-state index contributed by atoms with van der Waals surface area (Å²) in [7, 11) is 0. The summed E-state index contributed by atoms with van der Waals surface area (Å²) in [5.74, 6) is 0. The van der Waals surface area contributed by atoms with Crippen molar-refractivity contribution >= 4 is 11.6 Å². The molecular formula is C10H9ClFe. The van der Waals surface area contributed by atoms with Crippen LogP contribution in [0.2, 0.25) is 5.02 Å². The van der Waals surface area contributed by atoms with Gasteiger partial charge in [0.1, 0.15) is 0 Å². The minimum Gasteiger partial charge on any atom is -0.214 e. The summed E-state index contributed by atoms with van der Waals surface area (Å²) >= 11 is 5.44. The summed E-state index contributed by atoms with van der Waals surface area (Å²) in [5, 5.41) is 0.528. The van der Waals surface area contributed by atoms with Crippen LogP contribution in [0, 0.1) is 0 Å². The van der Waals surface area contributed by atoms with Crippen LogP contribution in [0.25, 0.3) is 0 Å². The van der Waals surface area contributed by atoms with Crippen molar-refractivity contribution in [3.63, 3.8) is 0 Å². The van der Waals surface area contributed by atoms with Crippen molar-refractivity contribution in [3.8, 4) is 0 Å². The Kier molecular flexibility index (Phi) is 5.74. The minimum atomic E-state index is 0. The van der Waals surface area contributed by atoms with Crippen LogP contribution in [0.5, 0.6) is 0 Å². The Morgan fingerprint density at radius 3 is 2.00 bits per heavy atom. The zero-order valence-electron chi connectivity index (χ0n) is 7.35. The average Bonchev–Trinajstić information content (AvgIpc) is 2.67. The molecule has 2 aromatic rings. The normalized spacial score (nSPS) is 8.92. The van der Waals surface area contributed by atoms with Crippen LogP contribution >= 0.6 is 11.6 Å². The third-order valence-corrected chi connectivity index (χ3v) is 1.35. The van der Waals surface area contributed by atoms with Gasteiger partial charge in [0.25, 0.3) is 0 Å². The molecular weight excluding hydrogens is 211 g/mol. The summed E-state index contributed by atoms with van der Waals surface area (Å²) in [6.45, 7) is 0. The Labute approximate surface area is 89.8 Å². The first-order valence-corrected chi connectivity index (χ1v) is 3.73. The smallest absolute Gasteiger partial charge is 0.214 e. The van der Waals surface area contributed by atoms with E-state index in [0.29, 0.717) is 11.1 Å². The first kappa shape index (κ1) is 9.60. The second kappa shape index (κ2) is 7.17. The second-order valence-corrected chi connectivity index (χ2v) is 2.39. The molecule has 0 nitrogen and oxygen atoms in total. The van der Waals surface area contributed by atoms with E-state index in [1.807, 2.05) is 30.3 Å². The molecule has 0 unspecified atom stereocenters. The van der Waals surface area contributed by atoms with Crippen molar-refractivity contribution in [2.45, 2.75) is 0 Å². The number of hydrogen-bond donors (Lipinski definition) is 0. The Morgan fingerprint density at radius 1 is 1.17 bits per heavy atom. The van der Waals surface area contributed by atoms with E-state index >= 15 is 0 Å². The molecule has 64 valence electrons. The summed E-state index contributed by atoms with van der Waals surface area (Å²) < 4.78 is 6.97. The van der Waals surface area contributed by atoms with Crippen LogP contribution in [-0.4, -0.2) is 0 Å². The Balaban J connectivity index is 0.000000215. The fraction of sp³-hybridized carbons (Fsp3) is 0. The van der Waals surface area contributed by atoms with E-state index in [9.17, 15) is 0 Å². The Morgan fingerprint density at radius 2 is 1.83 bits per heavy atom. The Hall–Kier alpha value is -0.491. The zero-order chi connectivity index (χ0) is 8.81. The quantitative estimate of drug-likeness (QED) is 0.472. The number of hydrogen-bond acceptors (Lipinski definition) is 0. The van der Waals surface area contributed by atoms with Gasteiger partial charge in [0.15, 0.2) is 0 Å². The standard InChI is InChI=1S/C5H4Cl.C5H5.Fe/c6-5-3-1-2-4-5;1-2-4-5-3-1;/h1-4H;1-5H;/q2*-1;+2/i3D;;. The summed E-state index contributed by atoms with van der Waals surface area (Å²) in [6, 6.07) is 15.5. The summed E-state index contributed by atoms with van der Waals surface area (Å²) in [5.41, 5.74) is 0. The minimum absolute atomic E-state index is 0. The summed E-state index contributed by atoms with van der Waals surface area (Å²) in [6.07, 6.45) is 0. The molecule has 0 aliphatic carbocycles. The third kappa shape index (κ3) is 5.20. The van der Waals surface area contributed by atoms with Crippen LogP contribution in [0.3, 0.4) is 0 Å². The molecule has 0 spiro atoms. The molecule has 12 heavy (non-hydrogen) atoms. The van der Waals surface area contributed by atoms with Crippen molar-refractivity contribution in [2.24, 2.45) is 0 Å². The average molecular weight is 221 g/mol. The number of rotatable bonds is 0. The maximum atomic E-state index is 6.97. The van der Waals surface area contributed by atoms with Gasteiger partial charge in [0.05, 0.1) is 0 Å². The van der Waals surface area contributed by atoms with Gasteiger partial charge in [0, 0.05) is 1.37 Å². The molecule has 0 aliphatic rings. The van der Waals surface area contributed by atoms with Crippen LogP contribution in [0.4, 0.5) is 0 Å². The van der Waals surface area contributed by atoms with E-state index < -0.39 is 0 Å². The zero-order valence-corrected chi connectivity index (χ0v) is 8.21. The van der Waals surface area contributed by atoms with Crippen LogP contribution in [-0.2, 0) is 17.1 Å². The monoisotopic (exact) mass is 221 g/mol. The second-order valence-electron chi connectivity index (χ2n) is 1.98. The van der Waals surface area contributed by atoms with Crippen molar-refractivity contribution in [2.75, 3.05) is 0 Å². The van der Waals surface area contributed by atoms with E-state index in [-0.39, 0.29) is 17.1 Å². The molecule has 0 saturated carbocycles. The van der Waals surface area contributed by atoms with Gasteiger partial charge in [-0.1, -0.05) is 5.02 Å². The van der Waals surface area contributed by atoms with Crippen LogP contribution < -0.4 is 0 Å². The predicted molar refractivity (Wildman–Crippen MR) is 49.1 cm³/mol. The van der Waals surface area contributed by atoms with Gasteiger partial charge in [-0.05, 0) is 0 Å². The largest absolute Gasteiger partial charge is 2.00 e. The fourth-order valence-electron chi connectivity index (χ4n) is 0.629. The molecule has 0 bridgehead atoms. The molecule has 0 heterocycles. The maximum Gasteiger partial charge on any atom is 2.00 e. The molecule has 0 aromatic heterocycles. The molecule has 0 N–H and O–H groups in total. The molecule has 0 saturated heterocycles. The van der Waals surface area contributed by atoms with Gasteiger partial charge in [-0.15, -0.1) is 0 Å². The van der Waals surface area contributed by atoms with Gasteiger partial charge in [-0.25, -0.2) is 24.3 Å². The molecule has 2 aromatic carbocycles.